The van der Waals surface area contributed by atoms with Crippen LogP contribution < -0.4 is 10.6 Å². The highest BCUT2D eigenvalue weighted by atomic mass is 16.2. The number of hydrogen-bond donors (Lipinski definition) is 2. The van der Waals surface area contributed by atoms with Crippen molar-refractivity contribution in [2.45, 2.75) is 13.8 Å². The van der Waals surface area contributed by atoms with Crippen molar-refractivity contribution < 1.29 is 9.59 Å². The Morgan fingerprint density at radius 3 is 2.40 bits per heavy atom. The first-order valence-corrected chi connectivity index (χ1v) is 9.51. The number of fused-ring (bicyclic) bond motifs is 1. The van der Waals surface area contributed by atoms with E-state index in [4.69, 9.17) is 0 Å². The quantitative estimate of drug-likeness (QED) is 0.521. The molecule has 0 radical (unpaired) electrons. The van der Waals surface area contributed by atoms with Crippen LogP contribution in [0.15, 0.2) is 73.1 Å². The number of pyridine rings is 2. The highest BCUT2D eigenvalue weighted by molar-refractivity contribution is 6.10. The SMILES string of the molecule is Cc1ccc(NC(=O)c2cc(C(=O)Nc3cccc4cccnc34)ccn2)c(C)c1. The van der Waals surface area contributed by atoms with Crippen molar-refractivity contribution in [1.29, 1.82) is 0 Å². The van der Waals surface area contributed by atoms with Gasteiger partial charge in [-0.05, 0) is 49.7 Å². The minimum Gasteiger partial charge on any atom is -0.320 e. The number of amides is 2. The molecule has 0 aliphatic heterocycles. The molecule has 0 spiro atoms. The second-order valence-corrected chi connectivity index (χ2v) is 7.04. The zero-order chi connectivity index (χ0) is 21.1. The van der Waals surface area contributed by atoms with Gasteiger partial charge in [-0.2, -0.15) is 0 Å². The molecule has 0 aliphatic carbocycles. The van der Waals surface area contributed by atoms with Gasteiger partial charge in [-0.25, -0.2) is 0 Å². The number of aromatic nitrogens is 2. The number of carbonyl (C=O) groups is 2. The number of rotatable bonds is 4. The lowest BCUT2D eigenvalue weighted by Gasteiger charge is -2.10. The van der Waals surface area contributed by atoms with Gasteiger partial charge in [0.2, 0.25) is 0 Å². The van der Waals surface area contributed by atoms with Crippen LogP contribution in [0.4, 0.5) is 11.4 Å². The smallest absolute Gasteiger partial charge is 0.274 e. The zero-order valence-electron chi connectivity index (χ0n) is 16.6. The van der Waals surface area contributed by atoms with E-state index in [1.54, 1.807) is 18.3 Å². The molecular weight excluding hydrogens is 376 g/mol. The van der Waals surface area contributed by atoms with Crippen LogP contribution >= 0.6 is 0 Å². The predicted octanol–water partition coefficient (Wildman–Crippen LogP) is 4.75. The predicted molar refractivity (Wildman–Crippen MR) is 118 cm³/mol. The monoisotopic (exact) mass is 396 g/mol. The minimum atomic E-state index is -0.372. The van der Waals surface area contributed by atoms with E-state index in [9.17, 15) is 9.59 Å². The van der Waals surface area contributed by atoms with Gasteiger partial charge >= 0.3 is 0 Å². The molecule has 2 aromatic carbocycles. The highest BCUT2D eigenvalue weighted by Crippen LogP contribution is 2.21. The Hall–Kier alpha value is -4.06. The molecule has 0 fully saturated rings. The van der Waals surface area contributed by atoms with E-state index in [-0.39, 0.29) is 17.5 Å². The van der Waals surface area contributed by atoms with E-state index >= 15 is 0 Å². The molecule has 148 valence electrons. The molecule has 0 aliphatic rings. The molecule has 2 N–H and O–H groups in total. The summed E-state index contributed by atoms with van der Waals surface area (Å²) in [5, 5.41) is 6.65. The summed E-state index contributed by atoms with van der Waals surface area (Å²) in [6, 6.07) is 18.2. The molecule has 0 saturated heterocycles. The third kappa shape index (κ3) is 4.03. The lowest BCUT2D eigenvalue weighted by molar-refractivity contribution is 0.102. The van der Waals surface area contributed by atoms with Crippen molar-refractivity contribution in [3.05, 3.63) is 95.4 Å². The average molecular weight is 396 g/mol. The molecule has 4 aromatic rings. The molecule has 4 rings (SSSR count). The topological polar surface area (TPSA) is 84.0 Å². The van der Waals surface area contributed by atoms with Crippen LogP contribution in [0.5, 0.6) is 0 Å². The molecule has 0 bridgehead atoms. The van der Waals surface area contributed by atoms with Gasteiger partial charge in [-0.3, -0.25) is 19.6 Å². The van der Waals surface area contributed by atoms with Crippen LogP contribution in [0.2, 0.25) is 0 Å². The maximum absolute atomic E-state index is 12.8. The number of para-hydroxylation sites is 1. The summed E-state index contributed by atoms with van der Waals surface area (Å²) in [6.45, 7) is 3.92. The Labute approximate surface area is 174 Å². The average Bonchev–Trinajstić information content (AvgIpc) is 2.76. The van der Waals surface area contributed by atoms with Crippen molar-refractivity contribution >= 4 is 34.1 Å². The zero-order valence-corrected chi connectivity index (χ0v) is 16.6. The summed E-state index contributed by atoms with van der Waals surface area (Å²) < 4.78 is 0. The van der Waals surface area contributed by atoms with Crippen LogP contribution in [-0.4, -0.2) is 21.8 Å². The molecule has 2 heterocycles. The lowest BCUT2D eigenvalue weighted by Crippen LogP contribution is -2.17. The third-order valence-corrected chi connectivity index (χ3v) is 4.77. The van der Waals surface area contributed by atoms with E-state index in [1.165, 1.54) is 12.3 Å². The van der Waals surface area contributed by atoms with Crippen LogP contribution in [0.3, 0.4) is 0 Å². The molecule has 0 saturated carbocycles. The highest BCUT2D eigenvalue weighted by Gasteiger charge is 2.14. The maximum Gasteiger partial charge on any atom is 0.274 e. The molecule has 6 heteroatoms. The van der Waals surface area contributed by atoms with Crippen molar-refractivity contribution in [3.63, 3.8) is 0 Å². The van der Waals surface area contributed by atoms with E-state index < -0.39 is 0 Å². The molecule has 2 aromatic heterocycles. The van der Waals surface area contributed by atoms with Crippen molar-refractivity contribution in [2.75, 3.05) is 10.6 Å². The molecular formula is C24H20N4O2. The summed E-state index contributed by atoms with van der Waals surface area (Å²) in [5.74, 6) is -0.709. The first-order valence-electron chi connectivity index (χ1n) is 9.51. The van der Waals surface area contributed by atoms with Crippen molar-refractivity contribution in [3.8, 4) is 0 Å². The van der Waals surface area contributed by atoms with Crippen molar-refractivity contribution in [1.82, 2.24) is 9.97 Å². The lowest BCUT2D eigenvalue weighted by atomic mass is 10.1. The van der Waals surface area contributed by atoms with Gasteiger partial charge in [0.25, 0.3) is 11.8 Å². The third-order valence-electron chi connectivity index (χ3n) is 4.77. The van der Waals surface area contributed by atoms with Crippen LogP contribution in [0.1, 0.15) is 32.0 Å². The second-order valence-electron chi connectivity index (χ2n) is 7.04. The fourth-order valence-electron chi connectivity index (χ4n) is 3.24. The number of carbonyl (C=O) groups excluding carboxylic acids is 2. The standard InChI is InChI=1S/C24H20N4O2/c1-15-8-9-19(16(2)13-15)27-24(30)21-14-18(10-12-25-21)23(29)28-20-7-3-5-17-6-4-11-26-22(17)20/h3-14H,1-2H3,(H,27,30)(H,28,29). The molecule has 30 heavy (non-hydrogen) atoms. The number of nitrogens with one attached hydrogen (secondary N) is 2. The minimum absolute atomic E-state index is 0.165. The van der Waals surface area contributed by atoms with Gasteiger partial charge in [0.1, 0.15) is 5.69 Å². The van der Waals surface area contributed by atoms with Crippen LogP contribution in [0, 0.1) is 13.8 Å². The summed E-state index contributed by atoms with van der Waals surface area (Å²) in [4.78, 5) is 33.9. The van der Waals surface area contributed by atoms with Crippen molar-refractivity contribution in [2.24, 2.45) is 0 Å². The second kappa shape index (κ2) is 8.13. The molecule has 6 nitrogen and oxygen atoms in total. The normalized spacial score (nSPS) is 10.6. The Kier molecular flexibility index (Phi) is 5.22. The van der Waals surface area contributed by atoms with Gasteiger partial charge in [0.05, 0.1) is 11.2 Å². The fraction of sp³-hybridized carbons (Fsp3) is 0.0833. The van der Waals surface area contributed by atoms with Crippen LogP contribution in [0.25, 0.3) is 10.9 Å². The maximum atomic E-state index is 12.8. The van der Waals surface area contributed by atoms with E-state index in [1.807, 2.05) is 56.3 Å². The number of benzene rings is 2. The van der Waals surface area contributed by atoms with Gasteiger partial charge < -0.3 is 10.6 Å². The molecule has 0 unspecified atom stereocenters. The van der Waals surface area contributed by atoms with Gasteiger partial charge in [-0.15, -0.1) is 0 Å². The number of nitrogens with zero attached hydrogens (tertiary/aromatic N) is 2. The molecule has 2 amide bonds. The molecule has 0 atom stereocenters. The largest absolute Gasteiger partial charge is 0.320 e. The van der Waals surface area contributed by atoms with Gasteiger partial charge in [0, 0.05) is 29.0 Å². The van der Waals surface area contributed by atoms with Crippen LogP contribution in [-0.2, 0) is 0 Å². The van der Waals surface area contributed by atoms with E-state index in [2.05, 4.69) is 20.6 Å². The number of hydrogen-bond acceptors (Lipinski definition) is 4. The Balaban J connectivity index is 1.55. The van der Waals surface area contributed by atoms with Gasteiger partial charge in [0.15, 0.2) is 0 Å². The summed E-state index contributed by atoms with van der Waals surface area (Å²) >= 11 is 0. The summed E-state index contributed by atoms with van der Waals surface area (Å²) in [5.41, 5.74) is 4.60. The summed E-state index contributed by atoms with van der Waals surface area (Å²) in [6.07, 6.45) is 3.13. The number of aryl methyl sites for hydroxylation is 2. The Bertz CT molecular complexity index is 1260. The van der Waals surface area contributed by atoms with E-state index in [0.29, 0.717) is 22.5 Å². The Morgan fingerprint density at radius 1 is 0.767 bits per heavy atom. The van der Waals surface area contributed by atoms with Gasteiger partial charge in [-0.1, -0.05) is 35.9 Å². The Morgan fingerprint density at radius 2 is 1.57 bits per heavy atom. The number of anilines is 2. The van der Waals surface area contributed by atoms with E-state index in [0.717, 1.165) is 16.5 Å². The first kappa shape index (κ1) is 19.3. The fourth-order valence-corrected chi connectivity index (χ4v) is 3.24. The first-order chi connectivity index (χ1) is 14.5. The summed E-state index contributed by atoms with van der Waals surface area (Å²) in [7, 11) is 0.